The third-order valence-electron chi connectivity index (χ3n) is 2.20. The van der Waals surface area contributed by atoms with Crippen LogP contribution in [0.4, 0.5) is 4.39 Å². The maximum Gasteiger partial charge on any atom is 0.197 e. The van der Waals surface area contributed by atoms with Gasteiger partial charge in [-0.15, -0.1) is 0 Å². The number of aryl methyl sites for hydroxylation is 1. The molecule has 0 N–H and O–H groups in total. The predicted octanol–water partition coefficient (Wildman–Crippen LogP) is 4.66. The summed E-state index contributed by atoms with van der Waals surface area (Å²) in [4.78, 5) is 7.70. The molecule has 0 unspecified atom stereocenters. The van der Waals surface area contributed by atoms with Crippen LogP contribution >= 0.6 is 39.1 Å². The molecule has 0 aliphatic rings. The monoisotopic (exact) mass is 334 g/mol. The molecule has 17 heavy (non-hydrogen) atoms. The molecule has 0 atom stereocenters. The summed E-state index contributed by atoms with van der Waals surface area (Å²) in [5.74, 6) is -0.509. The molecule has 0 aliphatic carbocycles. The number of halogens is 4. The van der Waals surface area contributed by atoms with Crippen molar-refractivity contribution in [3.05, 3.63) is 44.4 Å². The number of aromatic nitrogens is 2. The lowest BCUT2D eigenvalue weighted by Gasteiger charge is -2.05. The zero-order valence-corrected chi connectivity index (χ0v) is 11.7. The van der Waals surface area contributed by atoms with Crippen LogP contribution in [-0.4, -0.2) is 9.97 Å². The SMILES string of the molecule is Cc1ccc(-c2nc(Cl)c(F)c(Cl)n2)cc1Br. The van der Waals surface area contributed by atoms with Crippen LogP contribution in [0, 0.1) is 12.7 Å². The van der Waals surface area contributed by atoms with Crippen molar-refractivity contribution in [2.24, 2.45) is 0 Å². The molecule has 2 rings (SSSR count). The van der Waals surface area contributed by atoms with E-state index in [-0.39, 0.29) is 10.3 Å². The van der Waals surface area contributed by atoms with E-state index < -0.39 is 5.82 Å². The Morgan fingerprint density at radius 1 is 1.18 bits per heavy atom. The highest BCUT2D eigenvalue weighted by Gasteiger charge is 2.12. The molecular formula is C11H6BrCl2FN2. The molecule has 0 spiro atoms. The molecule has 1 aromatic carbocycles. The Morgan fingerprint density at radius 2 is 1.76 bits per heavy atom. The van der Waals surface area contributed by atoms with Gasteiger partial charge in [0.2, 0.25) is 0 Å². The van der Waals surface area contributed by atoms with Gasteiger partial charge in [0.15, 0.2) is 21.9 Å². The second-order valence-corrected chi connectivity index (χ2v) is 4.98. The number of benzene rings is 1. The zero-order valence-electron chi connectivity index (χ0n) is 8.64. The highest BCUT2D eigenvalue weighted by molar-refractivity contribution is 9.10. The van der Waals surface area contributed by atoms with Gasteiger partial charge in [-0.1, -0.05) is 51.3 Å². The van der Waals surface area contributed by atoms with E-state index in [0.717, 1.165) is 10.0 Å². The minimum Gasteiger partial charge on any atom is -0.213 e. The van der Waals surface area contributed by atoms with Crippen LogP contribution in [-0.2, 0) is 0 Å². The summed E-state index contributed by atoms with van der Waals surface area (Å²) in [6.07, 6.45) is 0. The highest BCUT2D eigenvalue weighted by Crippen LogP contribution is 2.27. The molecule has 0 amide bonds. The molecule has 2 aromatic rings. The first-order valence-corrected chi connectivity index (χ1v) is 6.19. The Labute approximate surface area is 116 Å². The molecule has 1 heterocycles. The van der Waals surface area contributed by atoms with Crippen LogP contribution in [0.3, 0.4) is 0 Å². The summed E-state index contributed by atoms with van der Waals surface area (Å²) >= 11 is 14.6. The third kappa shape index (κ3) is 2.59. The molecule has 0 fully saturated rings. The molecule has 0 saturated carbocycles. The molecule has 0 bridgehead atoms. The lowest BCUT2D eigenvalue weighted by Crippen LogP contribution is -1.95. The van der Waals surface area contributed by atoms with Gasteiger partial charge in [0, 0.05) is 10.0 Å². The first-order chi connectivity index (χ1) is 7.99. The molecule has 6 heteroatoms. The second kappa shape index (κ2) is 4.88. The van der Waals surface area contributed by atoms with E-state index in [4.69, 9.17) is 23.2 Å². The molecular weight excluding hydrogens is 330 g/mol. The van der Waals surface area contributed by atoms with Gasteiger partial charge in [0.25, 0.3) is 0 Å². The average molecular weight is 336 g/mol. The fourth-order valence-corrected chi connectivity index (χ4v) is 2.02. The van der Waals surface area contributed by atoms with Crippen molar-refractivity contribution in [2.45, 2.75) is 6.92 Å². The van der Waals surface area contributed by atoms with Crippen molar-refractivity contribution in [3.63, 3.8) is 0 Å². The van der Waals surface area contributed by atoms with E-state index in [0.29, 0.717) is 11.4 Å². The van der Waals surface area contributed by atoms with Gasteiger partial charge < -0.3 is 0 Å². The standard InChI is InChI=1S/C11H6BrCl2FN2/c1-5-2-3-6(4-7(5)12)11-16-9(13)8(15)10(14)17-11/h2-4H,1H3. The smallest absolute Gasteiger partial charge is 0.197 e. The van der Waals surface area contributed by atoms with Gasteiger partial charge in [-0.05, 0) is 18.6 Å². The van der Waals surface area contributed by atoms with Crippen LogP contribution in [0.15, 0.2) is 22.7 Å². The number of rotatable bonds is 1. The summed E-state index contributed by atoms with van der Waals surface area (Å²) in [6, 6.07) is 5.54. The van der Waals surface area contributed by atoms with E-state index in [2.05, 4.69) is 25.9 Å². The van der Waals surface area contributed by atoms with Crippen LogP contribution in [0.2, 0.25) is 10.3 Å². The quantitative estimate of drug-likeness (QED) is 0.708. The van der Waals surface area contributed by atoms with E-state index in [1.54, 1.807) is 0 Å². The maximum absolute atomic E-state index is 13.2. The topological polar surface area (TPSA) is 25.8 Å². The Kier molecular flexibility index (Phi) is 3.66. The van der Waals surface area contributed by atoms with Crippen molar-refractivity contribution >= 4 is 39.1 Å². The molecule has 0 saturated heterocycles. The summed E-state index contributed by atoms with van der Waals surface area (Å²) < 4.78 is 14.1. The molecule has 1 aromatic heterocycles. The fraction of sp³-hybridized carbons (Fsp3) is 0.0909. The summed E-state index contributed by atoms with van der Waals surface area (Å²) in [5, 5.41) is -0.562. The predicted molar refractivity (Wildman–Crippen MR) is 69.9 cm³/mol. The Morgan fingerprint density at radius 3 is 2.29 bits per heavy atom. The first kappa shape index (κ1) is 12.7. The van der Waals surface area contributed by atoms with Gasteiger partial charge in [0.1, 0.15) is 0 Å². The fourth-order valence-electron chi connectivity index (χ4n) is 1.26. The van der Waals surface area contributed by atoms with E-state index >= 15 is 0 Å². The van der Waals surface area contributed by atoms with Crippen molar-refractivity contribution in [2.75, 3.05) is 0 Å². The summed E-state index contributed by atoms with van der Waals surface area (Å²) in [7, 11) is 0. The van der Waals surface area contributed by atoms with Crippen molar-refractivity contribution in [1.29, 1.82) is 0 Å². The first-order valence-electron chi connectivity index (χ1n) is 4.64. The van der Waals surface area contributed by atoms with Crippen LogP contribution in [0.1, 0.15) is 5.56 Å². The van der Waals surface area contributed by atoms with Crippen molar-refractivity contribution in [3.8, 4) is 11.4 Å². The zero-order chi connectivity index (χ0) is 12.6. The van der Waals surface area contributed by atoms with Gasteiger partial charge in [-0.2, -0.15) is 0 Å². The minimum absolute atomic E-state index is 0.281. The molecule has 0 radical (unpaired) electrons. The highest BCUT2D eigenvalue weighted by atomic mass is 79.9. The lowest BCUT2D eigenvalue weighted by molar-refractivity contribution is 0.615. The van der Waals surface area contributed by atoms with Crippen LogP contribution < -0.4 is 0 Å². The number of hydrogen-bond acceptors (Lipinski definition) is 2. The molecule has 0 aliphatic heterocycles. The Balaban J connectivity index is 2.57. The van der Waals surface area contributed by atoms with Crippen LogP contribution in [0.25, 0.3) is 11.4 Å². The van der Waals surface area contributed by atoms with E-state index in [1.807, 2.05) is 25.1 Å². The largest absolute Gasteiger partial charge is 0.213 e. The average Bonchev–Trinajstić information content (AvgIpc) is 2.29. The minimum atomic E-state index is -0.803. The molecule has 2 nitrogen and oxygen atoms in total. The summed E-state index contributed by atoms with van der Waals surface area (Å²) in [5.41, 5.74) is 1.79. The van der Waals surface area contributed by atoms with E-state index in [1.165, 1.54) is 0 Å². The second-order valence-electron chi connectivity index (χ2n) is 3.41. The Bertz CT molecular complexity index is 567. The van der Waals surface area contributed by atoms with Crippen molar-refractivity contribution in [1.82, 2.24) is 9.97 Å². The van der Waals surface area contributed by atoms with Gasteiger partial charge in [-0.3, -0.25) is 0 Å². The number of hydrogen-bond donors (Lipinski definition) is 0. The molecule has 88 valence electrons. The van der Waals surface area contributed by atoms with Gasteiger partial charge in [0.05, 0.1) is 0 Å². The van der Waals surface area contributed by atoms with Crippen LogP contribution in [0.5, 0.6) is 0 Å². The van der Waals surface area contributed by atoms with E-state index in [9.17, 15) is 4.39 Å². The van der Waals surface area contributed by atoms with Crippen molar-refractivity contribution < 1.29 is 4.39 Å². The van der Waals surface area contributed by atoms with Gasteiger partial charge >= 0.3 is 0 Å². The lowest BCUT2D eigenvalue weighted by atomic mass is 10.1. The number of nitrogens with zero attached hydrogens (tertiary/aromatic N) is 2. The normalized spacial score (nSPS) is 10.6. The maximum atomic E-state index is 13.2. The summed E-state index contributed by atoms with van der Waals surface area (Å²) in [6.45, 7) is 1.96. The Hall–Kier alpha value is -0.710. The third-order valence-corrected chi connectivity index (χ3v) is 3.56. The van der Waals surface area contributed by atoms with Gasteiger partial charge in [-0.25, -0.2) is 14.4 Å².